The Morgan fingerprint density at radius 1 is 1.26 bits per heavy atom. The van der Waals surface area contributed by atoms with E-state index in [1.807, 2.05) is 0 Å². The minimum atomic E-state index is -3.77. The molecule has 1 heterocycles. The number of hydrogen-bond donors (Lipinski definition) is 3. The van der Waals surface area contributed by atoms with Gasteiger partial charge in [-0.25, -0.2) is 41.1 Å². The van der Waals surface area contributed by atoms with E-state index in [0.29, 0.717) is 23.4 Å². The number of sulfonamides is 2. The van der Waals surface area contributed by atoms with Crippen LogP contribution >= 0.6 is 0 Å². The molecule has 13 heteroatoms. The smallest absolute Gasteiger partial charge is 0.251 e. The first kappa shape index (κ1) is 22.7. The van der Waals surface area contributed by atoms with Crippen molar-refractivity contribution in [2.75, 3.05) is 12.4 Å². The summed E-state index contributed by atoms with van der Waals surface area (Å²) >= 11 is 0. The lowest BCUT2D eigenvalue weighted by Crippen LogP contribution is -2.18. The lowest BCUT2D eigenvalue weighted by molar-refractivity contribution is 0.588. The van der Waals surface area contributed by atoms with Crippen LogP contribution in [0.1, 0.15) is 12.8 Å². The molecule has 4 N–H and O–H groups in total. The van der Waals surface area contributed by atoms with E-state index in [-0.39, 0.29) is 23.1 Å². The van der Waals surface area contributed by atoms with Gasteiger partial charge in [0.25, 0.3) is 5.95 Å². The summed E-state index contributed by atoms with van der Waals surface area (Å²) in [7, 11) is -6.16. The molecule has 164 valence electrons. The van der Waals surface area contributed by atoms with E-state index >= 15 is 0 Å². The molecule has 0 radical (unpaired) electrons. The van der Waals surface area contributed by atoms with Gasteiger partial charge in [-0.3, -0.25) is 0 Å². The maximum absolute atomic E-state index is 14.2. The van der Waals surface area contributed by atoms with E-state index < -0.39 is 25.9 Å². The molecule has 0 aliphatic heterocycles. The van der Waals surface area contributed by atoms with E-state index in [1.54, 1.807) is 18.2 Å². The Morgan fingerprint density at radius 3 is 2.74 bits per heavy atom. The van der Waals surface area contributed by atoms with Crippen LogP contribution in [0.4, 0.5) is 21.8 Å². The summed E-state index contributed by atoms with van der Waals surface area (Å²) in [6.07, 6.45) is 4.97. The molecule has 3 rings (SSSR count). The summed E-state index contributed by atoms with van der Waals surface area (Å²) in [5.74, 6) is -1.02. The number of aliphatic imine (C=N–C) groups is 1. The number of anilines is 2. The average molecular weight is 467 g/mol. The van der Waals surface area contributed by atoms with E-state index in [0.717, 1.165) is 11.6 Å². The second-order valence-electron chi connectivity index (χ2n) is 6.48. The second kappa shape index (κ2) is 9.01. The summed E-state index contributed by atoms with van der Waals surface area (Å²) in [6.45, 7) is 0. The highest BCUT2D eigenvalue weighted by molar-refractivity contribution is 7.92. The number of nitrogens with two attached hydrogens (primary N) is 1. The fourth-order valence-electron chi connectivity index (χ4n) is 2.73. The van der Waals surface area contributed by atoms with Crippen LogP contribution in [0.3, 0.4) is 0 Å². The summed E-state index contributed by atoms with van der Waals surface area (Å²) in [5.41, 5.74) is 1.32. The highest BCUT2D eigenvalue weighted by Crippen LogP contribution is 2.23. The van der Waals surface area contributed by atoms with Crippen LogP contribution in [0.15, 0.2) is 63.5 Å². The molecule has 0 amide bonds. The largest absolute Gasteiger partial charge is 0.338 e. The molecule has 0 spiro atoms. The number of primary sulfonamides is 1. The Labute approximate surface area is 178 Å². The topological polar surface area (TPSA) is 156 Å². The van der Waals surface area contributed by atoms with Gasteiger partial charge in [-0.1, -0.05) is 12.1 Å². The van der Waals surface area contributed by atoms with E-state index in [4.69, 9.17) is 5.14 Å². The molecule has 0 saturated heterocycles. The van der Waals surface area contributed by atoms with Gasteiger partial charge in [0, 0.05) is 23.2 Å². The Hall–Kier alpha value is -3.00. The van der Waals surface area contributed by atoms with Crippen LogP contribution < -0.4 is 15.2 Å². The Balaban J connectivity index is 1.87. The van der Waals surface area contributed by atoms with E-state index in [2.05, 4.69) is 25.0 Å². The van der Waals surface area contributed by atoms with Crippen molar-refractivity contribution < 1.29 is 21.2 Å². The molecule has 0 atom stereocenters. The molecular formula is C18H19FN6O4S2. The van der Waals surface area contributed by atoms with Crippen LogP contribution in [-0.4, -0.2) is 39.6 Å². The lowest BCUT2D eigenvalue weighted by atomic mass is 10.0. The first-order valence-corrected chi connectivity index (χ1v) is 11.9. The number of rotatable bonds is 6. The highest BCUT2D eigenvalue weighted by atomic mass is 32.2. The molecule has 1 aliphatic rings. The summed E-state index contributed by atoms with van der Waals surface area (Å²) in [4.78, 5) is 12.1. The number of aromatic nitrogens is 2. The maximum atomic E-state index is 14.2. The third-order valence-corrected chi connectivity index (χ3v) is 6.15. The molecule has 1 aliphatic carbocycles. The van der Waals surface area contributed by atoms with E-state index in [1.165, 1.54) is 25.2 Å². The minimum Gasteiger partial charge on any atom is -0.338 e. The predicted molar refractivity (Wildman–Crippen MR) is 115 cm³/mol. The molecule has 1 aromatic heterocycles. The fourth-order valence-corrected chi connectivity index (χ4v) is 4.15. The van der Waals surface area contributed by atoms with Gasteiger partial charge in [0.15, 0.2) is 11.6 Å². The van der Waals surface area contributed by atoms with Crippen molar-refractivity contribution in [3.05, 3.63) is 59.4 Å². The number of nitrogens with one attached hydrogen (secondary N) is 2. The van der Waals surface area contributed by atoms with Gasteiger partial charge in [0.1, 0.15) is 0 Å². The molecule has 1 aromatic carbocycles. The SMILES string of the molecule is CNS(=O)(=O)c1cccc(Nc2nc(N=C3C=CCC(=CS(N)(=O)=O)C3)ncc2F)c1. The standard InChI is InChI=1S/C18H19FN6O4S2/c1-21-31(28,29)15-7-3-6-14(9-15)23-17-16(19)10-22-18(25-17)24-13-5-2-4-12(8-13)11-30(20,26)27/h2-3,5-7,9-11,21H,4,8H2,1H3,(H2,20,26,27)(H,22,23,25). The molecule has 10 nitrogen and oxygen atoms in total. The van der Waals surface area contributed by atoms with E-state index in [9.17, 15) is 21.2 Å². The minimum absolute atomic E-state index is 0.00329. The van der Waals surface area contributed by atoms with Crippen molar-refractivity contribution in [2.24, 2.45) is 10.1 Å². The molecule has 0 saturated carbocycles. The Kier molecular flexibility index (Phi) is 6.59. The molecule has 31 heavy (non-hydrogen) atoms. The van der Waals surface area contributed by atoms with Crippen molar-refractivity contribution in [3.8, 4) is 0 Å². The number of allylic oxidation sites excluding steroid dienone is 3. The van der Waals surface area contributed by atoms with Crippen molar-refractivity contribution >= 4 is 43.2 Å². The predicted octanol–water partition coefficient (Wildman–Crippen LogP) is 1.86. The quantitative estimate of drug-likeness (QED) is 0.586. The van der Waals surface area contributed by atoms with Gasteiger partial charge < -0.3 is 5.32 Å². The van der Waals surface area contributed by atoms with Gasteiger partial charge in [-0.2, -0.15) is 4.98 Å². The fraction of sp³-hybridized carbons (Fsp3) is 0.167. The number of nitrogens with zero attached hydrogens (tertiary/aromatic N) is 3. The summed E-state index contributed by atoms with van der Waals surface area (Å²) < 4.78 is 62.8. The molecule has 2 aromatic rings. The third-order valence-electron chi connectivity index (χ3n) is 4.08. The van der Waals surface area contributed by atoms with Crippen molar-refractivity contribution in [1.82, 2.24) is 14.7 Å². The maximum Gasteiger partial charge on any atom is 0.251 e. The van der Waals surface area contributed by atoms with Gasteiger partial charge in [-0.05, 0) is 43.3 Å². The molecule has 0 unspecified atom stereocenters. The summed E-state index contributed by atoms with van der Waals surface area (Å²) in [6, 6.07) is 5.77. The van der Waals surface area contributed by atoms with Crippen LogP contribution in [0.2, 0.25) is 0 Å². The molecule has 0 bridgehead atoms. The van der Waals surface area contributed by atoms with Crippen LogP contribution in [0.5, 0.6) is 0 Å². The number of halogens is 1. The zero-order chi connectivity index (χ0) is 22.6. The van der Waals surface area contributed by atoms with Crippen LogP contribution in [-0.2, 0) is 20.0 Å². The van der Waals surface area contributed by atoms with Crippen LogP contribution in [0, 0.1) is 5.82 Å². The van der Waals surface area contributed by atoms with Crippen molar-refractivity contribution in [3.63, 3.8) is 0 Å². The van der Waals surface area contributed by atoms with Crippen LogP contribution in [0.25, 0.3) is 0 Å². The average Bonchev–Trinajstić information content (AvgIpc) is 2.70. The van der Waals surface area contributed by atoms with Gasteiger partial charge in [0.05, 0.1) is 11.1 Å². The van der Waals surface area contributed by atoms with Crippen molar-refractivity contribution in [2.45, 2.75) is 17.7 Å². The zero-order valence-electron chi connectivity index (χ0n) is 16.3. The Morgan fingerprint density at radius 2 is 2.03 bits per heavy atom. The van der Waals surface area contributed by atoms with Gasteiger partial charge >= 0.3 is 0 Å². The van der Waals surface area contributed by atoms with Gasteiger partial charge in [-0.15, -0.1) is 0 Å². The van der Waals surface area contributed by atoms with Gasteiger partial charge in [0.2, 0.25) is 20.0 Å². The lowest BCUT2D eigenvalue weighted by Gasteiger charge is -2.11. The van der Waals surface area contributed by atoms with Crippen molar-refractivity contribution in [1.29, 1.82) is 0 Å². The molecular weight excluding hydrogens is 447 g/mol. The molecule has 0 fully saturated rings. The normalized spacial score (nSPS) is 17.3. The zero-order valence-corrected chi connectivity index (χ0v) is 17.9. The number of hydrogen-bond acceptors (Lipinski definition) is 8. The third kappa shape index (κ3) is 6.24. The highest BCUT2D eigenvalue weighted by Gasteiger charge is 2.14. The monoisotopic (exact) mass is 466 g/mol. The first-order chi connectivity index (χ1) is 14.6. The number of benzene rings is 1. The summed E-state index contributed by atoms with van der Waals surface area (Å²) in [5, 5.41) is 8.73. The first-order valence-electron chi connectivity index (χ1n) is 8.85. The second-order valence-corrected chi connectivity index (χ2v) is 9.78. The Bertz CT molecular complexity index is 1300.